The second-order valence-electron chi connectivity index (χ2n) is 7.89. The molecular formula is C26H36N2O3. The van der Waals surface area contributed by atoms with Gasteiger partial charge in [0.2, 0.25) is 5.91 Å². The number of amides is 1. The zero-order valence-electron chi connectivity index (χ0n) is 19.4. The van der Waals surface area contributed by atoms with Gasteiger partial charge in [-0.3, -0.25) is 14.6 Å². The first-order valence-electron chi connectivity index (χ1n) is 11.5. The largest absolute Gasteiger partial charge is 0.490 e. The molecular weight excluding hydrogens is 388 g/mol. The Hall–Kier alpha value is -2.69. The Labute approximate surface area is 186 Å². The standard InChI is InChI=1S/C15H21NO.C9H9NO2.C2H6/c1-12-6-7-14(10-13(12)2)11-15(17)16-8-4-3-5-9-16;11-6-7-5-10-4-3-9(7)12-8-1-2-8;1-2/h6-7,10H,3-5,8-9,11H2,1-2H3;3-6,8H,1-2H2;1-2H3. The average molecular weight is 425 g/mol. The predicted molar refractivity (Wildman–Crippen MR) is 125 cm³/mol. The Morgan fingerprint density at radius 1 is 1.10 bits per heavy atom. The number of carbonyl (C=O) groups is 2. The molecule has 5 nitrogen and oxygen atoms in total. The van der Waals surface area contributed by atoms with E-state index in [0.29, 0.717) is 23.8 Å². The highest BCUT2D eigenvalue weighted by atomic mass is 16.5. The van der Waals surface area contributed by atoms with Crippen molar-refractivity contribution in [3.8, 4) is 5.75 Å². The summed E-state index contributed by atoms with van der Waals surface area (Å²) in [5.41, 5.74) is 4.24. The van der Waals surface area contributed by atoms with E-state index in [4.69, 9.17) is 4.74 Å². The number of aromatic nitrogens is 1. The van der Waals surface area contributed by atoms with Gasteiger partial charge in [0.1, 0.15) is 5.75 Å². The third-order valence-electron chi connectivity index (χ3n) is 5.39. The lowest BCUT2D eigenvalue weighted by Gasteiger charge is -2.26. The van der Waals surface area contributed by atoms with Crippen molar-refractivity contribution in [1.29, 1.82) is 0 Å². The minimum Gasteiger partial charge on any atom is -0.490 e. The second kappa shape index (κ2) is 12.9. The number of carbonyl (C=O) groups excluding carboxylic acids is 2. The van der Waals surface area contributed by atoms with Crippen LogP contribution in [-0.2, 0) is 11.2 Å². The van der Waals surface area contributed by atoms with Gasteiger partial charge in [0.25, 0.3) is 0 Å². The summed E-state index contributed by atoms with van der Waals surface area (Å²) in [6.07, 6.45) is 10.6. The molecule has 1 aromatic carbocycles. The van der Waals surface area contributed by atoms with E-state index < -0.39 is 0 Å². The Morgan fingerprint density at radius 3 is 2.42 bits per heavy atom. The summed E-state index contributed by atoms with van der Waals surface area (Å²) in [5.74, 6) is 0.940. The van der Waals surface area contributed by atoms with Gasteiger partial charge in [0, 0.05) is 25.5 Å². The first kappa shape index (κ1) is 24.6. The number of likely N-dealkylation sites (tertiary alicyclic amines) is 1. The third kappa shape index (κ3) is 8.16. The Bertz CT molecular complexity index is 840. The van der Waals surface area contributed by atoms with Crippen LogP contribution in [-0.4, -0.2) is 41.3 Å². The highest BCUT2D eigenvalue weighted by Gasteiger charge is 2.24. The summed E-state index contributed by atoms with van der Waals surface area (Å²) in [5, 5.41) is 0. The van der Waals surface area contributed by atoms with E-state index in [-0.39, 0.29) is 5.91 Å². The maximum absolute atomic E-state index is 12.1. The minimum absolute atomic E-state index is 0.285. The summed E-state index contributed by atoms with van der Waals surface area (Å²) in [7, 11) is 0. The number of aryl methyl sites for hydroxylation is 2. The molecule has 0 spiro atoms. The molecule has 1 aliphatic heterocycles. The van der Waals surface area contributed by atoms with Crippen LogP contribution in [0.1, 0.15) is 73.0 Å². The van der Waals surface area contributed by atoms with Gasteiger partial charge >= 0.3 is 0 Å². The summed E-state index contributed by atoms with van der Waals surface area (Å²) in [4.78, 5) is 28.4. The van der Waals surface area contributed by atoms with Crippen LogP contribution in [0.5, 0.6) is 5.75 Å². The molecule has 2 aliphatic rings. The van der Waals surface area contributed by atoms with Crippen LogP contribution in [0.25, 0.3) is 0 Å². The summed E-state index contributed by atoms with van der Waals surface area (Å²) in [6.45, 7) is 10.1. The van der Waals surface area contributed by atoms with Crippen LogP contribution in [0.4, 0.5) is 0 Å². The molecule has 1 saturated heterocycles. The number of ether oxygens (including phenoxy) is 1. The molecule has 0 atom stereocenters. The number of piperidine rings is 1. The number of hydrogen-bond acceptors (Lipinski definition) is 4. The maximum Gasteiger partial charge on any atom is 0.226 e. The van der Waals surface area contributed by atoms with Gasteiger partial charge in [-0.15, -0.1) is 0 Å². The van der Waals surface area contributed by atoms with Crippen molar-refractivity contribution in [2.24, 2.45) is 0 Å². The molecule has 4 rings (SSSR count). The molecule has 1 aromatic heterocycles. The van der Waals surface area contributed by atoms with Crippen molar-refractivity contribution in [2.75, 3.05) is 13.1 Å². The Balaban J connectivity index is 0.000000214. The molecule has 5 heteroatoms. The number of pyridine rings is 1. The summed E-state index contributed by atoms with van der Waals surface area (Å²) < 4.78 is 5.48. The normalized spacial score (nSPS) is 15.0. The third-order valence-corrected chi connectivity index (χ3v) is 5.39. The van der Waals surface area contributed by atoms with Crippen molar-refractivity contribution in [3.05, 3.63) is 58.9 Å². The van der Waals surface area contributed by atoms with E-state index >= 15 is 0 Å². The minimum atomic E-state index is 0.285. The summed E-state index contributed by atoms with van der Waals surface area (Å²) in [6, 6.07) is 8.04. The molecule has 31 heavy (non-hydrogen) atoms. The van der Waals surface area contributed by atoms with Crippen LogP contribution in [0, 0.1) is 13.8 Å². The number of aldehydes is 1. The van der Waals surface area contributed by atoms with Gasteiger partial charge in [-0.25, -0.2) is 0 Å². The van der Waals surface area contributed by atoms with Crippen LogP contribution < -0.4 is 4.74 Å². The average Bonchev–Trinajstić information content (AvgIpc) is 3.63. The number of benzene rings is 1. The molecule has 0 radical (unpaired) electrons. The summed E-state index contributed by atoms with van der Waals surface area (Å²) >= 11 is 0. The Kier molecular flexibility index (Phi) is 10.2. The van der Waals surface area contributed by atoms with E-state index in [9.17, 15) is 9.59 Å². The van der Waals surface area contributed by atoms with Crippen LogP contribution in [0.2, 0.25) is 0 Å². The quantitative estimate of drug-likeness (QED) is 0.610. The van der Waals surface area contributed by atoms with Crippen LogP contribution in [0.3, 0.4) is 0 Å². The van der Waals surface area contributed by atoms with Crippen molar-refractivity contribution < 1.29 is 14.3 Å². The Morgan fingerprint density at radius 2 is 1.81 bits per heavy atom. The lowest BCUT2D eigenvalue weighted by atomic mass is 10.0. The molecule has 0 N–H and O–H groups in total. The maximum atomic E-state index is 12.1. The predicted octanol–water partition coefficient (Wildman–Crippen LogP) is 5.32. The fraction of sp³-hybridized carbons (Fsp3) is 0.500. The number of nitrogens with zero attached hydrogens (tertiary/aromatic N) is 2. The smallest absolute Gasteiger partial charge is 0.226 e. The highest BCUT2D eigenvalue weighted by molar-refractivity contribution is 5.79. The van der Waals surface area contributed by atoms with E-state index in [2.05, 4.69) is 37.0 Å². The van der Waals surface area contributed by atoms with Gasteiger partial charge in [0.05, 0.1) is 18.1 Å². The van der Waals surface area contributed by atoms with E-state index in [1.54, 1.807) is 12.3 Å². The highest BCUT2D eigenvalue weighted by Crippen LogP contribution is 2.27. The fourth-order valence-electron chi connectivity index (χ4n) is 3.30. The van der Waals surface area contributed by atoms with E-state index in [1.807, 2.05) is 18.7 Å². The lowest BCUT2D eigenvalue weighted by Crippen LogP contribution is -2.36. The molecule has 2 aromatic rings. The molecule has 1 amide bonds. The molecule has 168 valence electrons. The van der Waals surface area contributed by atoms with Gasteiger partial charge in [0.15, 0.2) is 6.29 Å². The van der Waals surface area contributed by atoms with Crippen molar-refractivity contribution in [2.45, 2.75) is 72.3 Å². The van der Waals surface area contributed by atoms with Crippen LogP contribution in [0.15, 0.2) is 36.7 Å². The van der Waals surface area contributed by atoms with Gasteiger partial charge in [-0.05, 0) is 68.7 Å². The molecule has 1 aliphatic carbocycles. The molecule has 2 fully saturated rings. The van der Waals surface area contributed by atoms with E-state index in [0.717, 1.165) is 37.8 Å². The van der Waals surface area contributed by atoms with Crippen molar-refractivity contribution in [3.63, 3.8) is 0 Å². The van der Waals surface area contributed by atoms with Gasteiger partial charge in [-0.1, -0.05) is 32.0 Å². The van der Waals surface area contributed by atoms with Gasteiger partial charge in [-0.2, -0.15) is 0 Å². The number of rotatable bonds is 5. The molecule has 0 unspecified atom stereocenters. The van der Waals surface area contributed by atoms with Crippen LogP contribution >= 0.6 is 0 Å². The van der Waals surface area contributed by atoms with E-state index in [1.165, 1.54) is 36.6 Å². The molecule has 1 saturated carbocycles. The SMILES string of the molecule is CC.Cc1ccc(CC(=O)N2CCCCC2)cc1C.O=Cc1cnccc1OC1CC1. The number of hydrogen-bond donors (Lipinski definition) is 0. The monoisotopic (exact) mass is 424 g/mol. The lowest BCUT2D eigenvalue weighted by molar-refractivity contribution is -0.131. The first-order valence-corrected chi connectivity index (χ1v) is 11.5. The zero-order chi connectivity index (χ0) is 22.6. The van der Waals surface area contributed by atoms with Crippen molar-refractivity contribution >= 4 is 12.2 Å². The second-order valence-corrected chi connectivity index (χ2v) is 7.89. The van der Waals surface area contributed by atoms with Crippen molar-refractivity contribution in [1.82, 2.24) is 9.88 Å². The fourth-order valence-corrected chi connectivity index (χ4v) is 3.30. The molecule has 2 heterocycles. The zero-order valence-corrected chi connectivity index (χ0v) is 19.4. The van der Waals surface area contributed by atoms with Gasteiger partial charge < -0.3 is 9.64 Å². The molecule has 0 bridgehead atoms. The topological polar surface area (TPSA) is 59.5 Å². The first-order chi connectivity index (χ1) is 15.1.